The fourth-order valence-electron chi connectivity index (χ4n) is 7.21. The highest BCUT2D eigenvalue weighted by atomic mass is 19.1. The summed E-state index contributed by atoms with van der Waals surface area (Å²) < 4.78 is 20.0. The minimum Gasteiger partial charge on any atom is -0.501 e. The summed E-state index contributed by atoms with van der Waals surface area (Å²) in [6.07, 6.45) is 10.2. The maximum atomic E-state index is 14.4. The molecule has 0 aliphatic heterocycles. The van der Waals surface area contributed by atoms with Gasteiger partial charge in [0, 0.05) is 5.92 Å². The molecule has 0 aromatic rings. The molecule has 27 heavy (non-hydrogen) atoms. The third-order valence-corrected chi connectivity index (χ3v) is 8.51. The molecule has 3 nitrogen and oxygen atoms in total. The van der Waals surface area contributed by atoms with Crippen LogP contribution in [0.25, 0.3) is 0 Å². The van der Waals surface area contributed by atoms with Gasteiger partial charge in [0.1, 0.15) is 0 Å². The standard InChI is InChI=1S/C23H31FO3/c1-13-12-23(3)14(11-19(13)27-4)5-6-15-16-7-8-18(20(24)21(25)26)22(16,2)10-9-17(15)23/h5,11,13,15-17H,6-10,12H2,1-4H3,(H,25,26)/t13-,15+,16+,17+,22+,23+/m1/s1. The van der Waals surface area contributed by atoms with E-state index in [1.54, 1.807) is 7.11 Å². The average molecular weight is 374 g/mol. The Morgan fingerprint density at radius 3 is 2.63 bits per heavy atom. The first-order chi connectivity index (χ1) is 12.7. The van der Waals surface area contributed by atoms with Crippen molar-refractivity contribution in [2.75, 3.05) is 7.11 Å². The lowest BCUT2D eigenvalue weighted by molar-refractivity contribution is -0.134. The molecule has 4 aliphatic rings. The Balaban J connectivity index is 1.71. The van der Waals surface area contributed by atoms with E-state index in [0.29, 0.717) is 35.7 Å². The topological polar surface area (TPSA) is 46.5 Å². The van der Waals surface area contributed by atoms with Crippen molar-refractivity contribution in [3.63, 3.8) is 0 Å². The number of carbonyl (C=O) groups is 1. The number of ether oxygens (including phenoxy) is 1. The van der Waals surface area contributed by atoms with Gasteiger partial charge in [-0.15, -0.1) is 0 Å². The number of halogens is 1. The Hall–Kier alpha value is -1.58. The van der Waals surface area contributed by atoms with Crippen LogP contribution in [0.4, 0.5) is 4.39 Å². The van der Waals surface area contributed by atoms with Crippen molar-refractivity contribution in [3.05, 3.63) is 34.9 Å². The van der Waals surface area contributed by atoms with Gasteiger partial charge in [-0.2, -0.15) is 4.39 Å². The molecular formula is C23H31FO3. The van der Waals surface area contributed by atoms with Crippen LogP contribution in [0.2, 0.25) is 0 Å². The summed E-state index contributed by atoms with van der Waals surface area (Å²) in [6, 6.07) is 0. The maximum Gasteiger partial charge on any atom is 0.364 e. The van der Waals surface area contributed by atoms with E-state index in [2.05, 4.69) is 32.9 Å². The Labute approximate surface area is 161 Å². The van der Waals surface area contributed by atoms with Crippen molar-refractivity contribution in [2.24, 2.45) is 34.5 Å². The molecule has 4 heteroatoms. The summed E-state index contributed by atoms with van der Waals surface area (Å²) >= 11 is 0. The quantitative estimate of drug-likeness (QED) is 0.636. The van der Waals surface area contributed by atoms with E-state index in [4.69, 9.17) is 4.74 Å². The summed E-state index contributed by atoms with van der Waals surface area (Å²) in [5.41, 5.74) is 1.83. The monoisotopic (exact) mass is 374 g/mol. The molecule has 0 aromatic heterocycles. The highest BCUT2D eigenvalue weighted by Gasteiger charge is 2.58. The van der Waals surface area contributed by atoms with Gasteiger partial charge < -0.3 is 9.84 Å². The van der Waals surface area contributed by atoms with Gasteiger partial charge in [0.15, 0.2) is 0 Å². The smallest absolute Gasteiger partial charge is 0.364 e. The van der Waals surface area contributed by atoms with Crippen LogP contribution in [-0.2, 0) is 9.53 Å². The summed E-state index contributed by atoms with van der Waals surface area (Å²) in [5, 5.41) is 9.19. The van der Waals surface area contributed by atoms with Crippen molar-refractivity contribution in [1.29, 1.82) is 0 Å². The second-order valence-electron chi connectivity index (χ2n) is 9.64. The zero-order valence-electron chi connectivity index (χ0n) is 16.8. The number of fused-ring (bicyclic) bond motifs is 5. The normalized spacial score (nSPS) is 45.1. The highest BCUT2D eigenvalue weighted by Crippen LogP contribution is 2.66. The van der Waals surface area contributed by atoms with Gasteiger partial charge in [0.2, 0.25) is 5.83 Å². The summed E-state index contributed by atoms with van der Waals surface area (Å²) in [4.78, 5) is 11.3. The minimum atomic E-state index is -1.40. The fraction of sp³-hybridized carbons (Fsp3) is 0.696. The number of allylic oxidation sites excluding steroid dienone is 5. The first-order valence-electron chi connectivity index (χ1n) is 10.3. The largest absolute Gasteiger partial charge is 0.501 e. The van der Waals surface area contributed by atoms with Crippen LogP contribution >= 0.6 is 0 Å². The molecule has 4 aliphatic carbocycles. The van der Waals surface area contributed by atoms with Crippen molar-refractivity contribution in [2.45, 2.75) is 59.3 Å². The molecule has 0 unspecified atom stereocenters. The molecule has 6 atom stereocenters. The Morgan fingerprint density at radius 1 is 1.26 bits per heavy atom. The van der Waals surface area contributed by atoms with Crippen molar-refractivity contribution in [3.8, 4) is 0 Å². The summed E-state index contributed by atoms with van der Waals surface area (Å²) in [5.74, 6) is 0.677. The lowest BCUT2D eigenvalue weighted by atomic mass is 9.48. The molecule has 0 bridgehead atoms. The van der Waals surface area contributed by atoms with Crippen LogP contribution in [-0.4, -0.2) is 18.2 Å². The van der Waals surface area contributed by atoms with E-state index in [1.165, 1.54) is 5.57 Å². The number of carboxylic acids is 1. The zero-order valence-corrected chi connectivity index (χ0v) is 16.8. The van der Waals surface area contributed by atoms with E-state index in [0.717, 1.165) is 37.9 Å². The van der Waals surface area contributed by atoms with Crippen molar-refractivity contribution in [1.82, 2.24) is 0 Å². The second kappa shape index (κ2) is 6.22. The predicted octanol–water partition coefficient (Wildman–Crippen LogP) is 5.64. The van der Waals surface area contributed by atoms with Gasteiger partial charge in [-0.3, -0.25) is 0 Å². The van der Waals surface area contributed by atoms with Crippen LogP contribution < -0.4 is 0 Å². The van der Waals surface area contributed by atoms with Crippen LogP contribution in [0.15, 0.2) is 34.9 Å². The molecule has 1 N–H and O–H groups in total. The van der Waals surface area contributed by atoms with E-state index >= 15 is 0 Å². The molecule has 0 heterocycles. The van der Waals surface area contributed by atoms with Crippen molar-refractivity contribution < 1.29 is 19.0 Å². The van der Waals surface area contributed by atoms with Gasteiger partial charge in [-0.25, -0.2) is 4.79 Å². The molecule has 0 amide bonds. The number of aliphatic carboxylic acids is 1. The minimum absolute atomic E-state index is 0.142. The highest BCUT2D eigenvalue weighted by molar-refractivity contribution is 5.85. The Bertz CT molecular complexity index is 764. The third-order valence-electron chi connectivity index (χ3n) is 8.51. The summed E-state index contributed by atoms with van der Waals surface area (Å²) in [7, 11) is 1.76. The van der Waals surface area contributed by atoms with Crippen molar-refractivity contribution >= 4 is 5.97 Å². The Kier molecular flexibility index (Phi) is 4.32. The number of hydrogen-bond donors (Lipinski definition) is 1. The maximum absolute atomic E-state index is 14.4. The first kappa shape index (κ1) is 18.8. The lowest BCUT2D eigenvalue weighted by Crippen LogP contribution is -2.49. The van der Waals surface area contributed by atoms with Gasteiger partial charge in [0.05, 0.1) is 12.9 Å². The van der Waals surface area contributed by atoms with Crippen LogP contribution in [0.3, 0.4) is 0 Å². The molecule has 2 fully saturated rings. The molecule has 0 saturated heterocycles. The number of methoxy groups -OCH3 is 1. The first-order valence-corrected chi connectivity index (χ1v) is 10.3. The van der Waals surface area contributed by atoms with E-state index in [9.17, 15) is 14.3 Å². The van der Waals surface area contributed by atoms with Gasteiger partial charge in [-0.05, 0) is 84.3 Å². The molecule has 0 aromatic carbocycles. The fourth-order valence-corrected chi connectivity index (χ4v) is 7.21. The average Bonchev–Trinajstić information content (AvgIpc) is 2.97. The van der Waals surface area contributed by atoms with Crippen LogP contribution in [0.5, 0.6) is 0 Å². The van der Waals surface area contributed by atoms with Gasteiger partial charge >= 0.3 is 5.97 Å². The van der Waals surface area contributed by atoms with E-state index < -0.39 is 11.8 Å². The Morgan fingerprint density at radius 2 is 1.96 bits per heavy atom. The SMILES string of the molecule is COC1=CC2=CC[C@@H]3[C@H](CC[C@]4(C)C(=C(F)C(=O)O)CC[C@@H]34)[C@@]2(C)C[C@H]1C. The zero-order chi connectivity index (χ0) is 19.6. The second-order valence-corrected chi connectivity index (χ2v) is 9.64. The number of rotatable bonds is 2. The van der Waals surface area contributed by atoms with Crippen LogP contribution in [0, 0.1) is 34.5 Å². The number of hydrogen-bond acceptors (Lipinski definition) is 2. The third kappa shape index (κ3) is 2.55. The molecular weight excluding hydrogens is 343 g/mol. The van der Waals surface area contributed by atoms with Gasteiger partial charge in [-0.1, -0.05) is 26.8 Å². The molecule has 2 saturated carbocycles. The van der Waals surface area contributed by atoms with E-state index in [-0.39, 0.29) is 10.8 Å². The molecule has 4 rings (SSSR count). The lowest BCUT2D eigenvalue weighted by Gasteiger charge is -2.57. The van der Waals surface area contributed by atoms with Crippen LogP contribution in [0.1, 0.15) is 59.3 Å². The molecule has 0 radical (unpaired) electrons. The van der Waals surface area contributed by atoms with E-state index in [1.807, 2.05) is 0 Å². The predicted molar refractivity (Wildman–Crippen MR) is 102 cm³/mol. The molecule has 148 valence electrons. The summed E-state index contributed by atoms with van der Waals surface area (Å²) in [6.45, 7) is 6.76. The molecule has 0 spiro atoms. The van der Waals surface area contributed by atoms with Gasteiger partial charge in [0.25, 0.3) is 0 Å². The number of carboxylic acid groups (broad SMARTS) is 1.